The van der Waals surface area contributed by atoms with Gasteiger partial charge in [0.05, 0.1) is 10.9 Å². The highest BCUT2D eigenvalue weighted by molar-refractivity contribution is 8.03. The van der Waals surface area contributed by atoms with Crippen molar-refractivity contribution in [2.45, 2.75) is 19.1 Å². The van der Waals surface area contributed by atoms with Crippen LogP contribution in [0.5, 0.6) is 0 Å². The summed E-state index contributed by atoms with van der Waals surface area (Å²) >= 11 is 2.04. The van der Waals surface area contributed by atoms with E-state index in [1.165, 1.54) is 21.7 Å². The molecule has 3 rings (SSSR count). The molecule has 0 radical (unpaired) electrons. The Morgan fingerprint density at radius 3 is 2.14 bits per heavy atom. The van der Waals surface area contributed by atoms with Gasteiger partial charge in [0.15, 0.2) is 0 Å². The van der Waals surface area contributed by atoms with Crippen molar-refractivity contribution in [3.05, 3.63) is 76.7 Å². The number of thioether (sulfide) groups is 1. The molecule has 1 aliphatic heterocycles. The minimum Gasteiger partial charge on any atom is -0.372 e. The Labute approximate surface area is 138 Å². The molecular weight excluding hydrogens is 286 g/mol. The first kappa shape index (κ1) is 15.2. The van der Waals surface area contributed by atoms with Gasteiger partial charge in [0.1, 0.15) is 0 Å². The maximum absolute atomic E-state index is 2.43. The molecule has 0 bridgehead atoms. The first-order valence-corrected chi connectivity index (χ1v) is 8.77. The van der Waals surface area contributed by atoms with E-state index in [9.17, 15) is 0 Å². The maximum atomic E-state index is 2.43. The van der Waals surface area contributed by atoms with Crippen LogP contribution in [0.4, 0.5) is 0 Å². The second kappa shape index (κ2) is 6.62. The monoisotopic (exact) mass is 309 g/mol. The zero-order valence-corrected chi connectivity index (χ0v) is 14.3. The average molecular weight is 309 g/mol. The van der Waals surface area contributed by atoms with Gasteiger partial charge in [0, 0.05) is 18.5 Å². The van der Waals surface area contributed by atoms with Crippen molar-refractivity contribution < 1.29 is 0 Å². The Bertz CT molecular complexity index is 646. The molecule has 2 aromatic carbocycles. The van der Waals surface area contributed by atoms with Gasteiger partial charge in [-0.2, -0.15) is 0 Å². The number of benzene rings is 2. The van der Waals surface area contributed by atoms with E-state index in [0.717, 1.165) is 6.54 Å². The van der Waals surface area contributed by atoms with Gasteiger partial charge >= 0.3 is 0 Å². The first-order valence-electron chi connectivity index (χ1n) is 7.89. The van der Waals surface area contributed by atoms with E-state index in [1.807, 2.05) is 11.8 Å². The quantitative estimate of drug-likeness (QED) is 0.743. The third-order valence-electron chi connectivity index (χ3n) is 4.07. The van der Waals surface area contributed by atoms with Crippen LogP contribution in [0.2, 0.25) is 0 Å². The molecule has 0 amide bonds. The predicted molar refractivity (Wildman–Crippen MR) is 97.6 cm³/mol. The van der Waals surface area contributed by atoms with Gasteiger partial charge in [0.25, 0.3) is 0 Å². The normalized spacial score (nSPS) is 18.9. The summed E-state index contributed by atoms with van der Waals surface area (Å²) in [5, 5.41) is 0.510. The van der Waals surface area contributed by atoms with Gasteiger partial charge in [-0.3, -0.25) is 0 Å². The van der Waals surface area contributed by atoms with E-state index in [0.29, 0.717) is 11.2 Å². The molecule has 2 heteroatoms. The fourth-order valence-corrected chi connectivity index (χ4v) is 4.54. The van der Waals surface area contributed by atoms with Crippen LogP contribution in [-0.2, 0) is 0 Å². The lowest BCUT2D eigenvalue weighted by atomic mass is 10.0. The van der Waals surface area contributed by atoms with Crippen LogP contribution in [0.1, 0.15) is 30.2 Å². The number of allylic oxidation sites excluding steroid dienone is 1. The largest absolute Gasteiger partial charge is 0.372 e. The summed E-state index contributed by atoms with van der Waals surface area (Å²) < 4.78 is 0. The van der Waals surface area contributed by atoms with Crippen molar-refractivity contribution in [3.63, 3.8) is 0 Å². The second-order valence-electron chi connectivity index (χ2n) is 6.13. The van der Waals surface area contributed by atoms with Crippen molar-refractivity contribution in [1.29, 1.82) is 0 Å². The van der Waals surface area contributed by atoms with Crippen LogP contribution >= 0.6 is 11.8 Å². The van der Waals surface area contributed by atoms with Gasteiger partial charge in [-0.25, -0.2) is 0 Å². The molecule has 0 saturated carbocycles. The van der Waals surface area contributed by atoms with Gasteiger partial charge in [0.2, 0.25) is 0 Å². The van der Waals surface area contributed by atoms with Gasteiger partial charge in [-0.15, -0.1) is 11.8 Å². The van der Waals surface area contributed by atoms with Crippen LogP contribution < -0.4 is 0 Å². The molecular formula is C20H23NS. The third-order valence-corrected chi connectivity index (χ3v) is 5.69. The lowest BCUT2D eigenvalue weighted by Gasteiger charge is -2.37. The number of rotatable bonds is 3. The highest BCUT2D eigenvalue weighted by Crippen LogP contribution is 2.47. The van der Waals surface area contributed by atoms with E-state index in [4.69, 9.17) is 0 Å². The van der Waals surface area contributed by atoms with E-state index in [-0.39, 0.29) is 0 Å². The molecule has 0 spiro atoms. The lowest BCUT2D eigenvalue weighted by Crippen LogP contribution is -2.28. The zero-order valence-electron chi connectivity index (χ0n) is 13.5. The molecule has 1 aliphatic rings. The number of hydrogen-bond donors (Lipinski definition) is 0. The zero-order chi connectivity index (χ0) is 15.5. The Hall–Kier alpha value is -1.67. The van der Waals surface area contributed by atoms with Crippen molar-refractivity contribution in [3.8, 4) is 0 Å². The van der Waals surface area contributed by atoms with E-state index in [2.05, 4.69) is 86.5 Å². The molecule has 0 N–H and O–H groups in total. The highest BCUT2D eigenvalue weighted by atomic mass is 32.2. The van der Waals surface area contributed by atoms with Crippen molar-refractivity contribution in [1.82, 2.24) is 4.90 Å². The predicted octanol–water partition coefficient (Wildman–Crippen LogP) is 5.43. The van der Waals surface area contributed by atoms with Gasteiger partial charge in [-0.1, -0.05) is 74.5 Å². The second-order valence-corrected chi connectivity index (χ2v) is 7.38. The van der Waals surface area contributed by atoms with E-state index >= 15 is 0 Å². The molecule has 2 aromatic rings. The number of nitrogens with zero attached hydrogens (tertiary/aromatic N) is 1. The molecule has 0 aromatic heterocycles. The Balaban J connectivity index is 2.00. The minimum absolute atomic E-state index is 0.510. The fraction of sp³-hybridized carbons (Fsp3) is 0.300. The van der Waals surface area contributed by atoms with Crippen LogP contribution in [0.25, 0.3) is 5.70 Å². The lowest BCUT2D eigenvalue weighted by molar-refractivity contribution is 0.468. The molecule has 1 nitrogen and oxygen atoms in total. The fourth-order valence-electron chi connectivity index (χ4n) is 2.98. The van der Waals surface area contributed by atoms with Crippen molar-refractivity contribution >= 4 is 17.5 Å². The van der Waals surface area contributed by atoms with E-state index in [1.54, 1.807) is 0 Å². The average Bonchev–Trinajstić information content (AvgIpc) is 2.55. The first-order chi connectivity index (χ1) is 10.7. The Kier molecular flexibility index (Phi) is 4.58. The van der Waals surface area contributed by atoms with Gasteiger partial charge in [-0.05, 0) is 17.0 Å². The Morgan fingerprint density at radius 2 is 1.55 bits per heavy atom. The molecule has 0 fully saturated rings. The summed E-state index contributed by atoms with van der Waals surface area (Å²) in [6.07, 6.45) is 0. The molecule has 22 heavy (non-hydrogen) atoms. The Morgan fingerprint density at radius 1 is 0.955 bits per heavy atom. The molecule has 0 aliphatic carbocycles. The van der Waals surface area contributed by atoms with E-state index < -0.39 is 0 Å². The molecule has 114 valence electrons. The summed E-state index contributed by atoms with van der Waals surface area (Å²) in [4.78, 5) is 3.92. The molecule has 0 saturated heterocycles. The SMILES string of the molecule is CC(C)C1=C(c2ccccc2)N(C)CC(c2ccccc2)S1. The van der Waals surface area contributed by atoms with Crippen molar-refractivity contribution in [2.24, 2.45) is 5.92 Å². The summed E-state index contributed by atoms with van der Waals surface area (Å²) in [6.45, 7) is 5.65. The summed E-state index contributed by atoms with van der Waals surface area (Å²) in [5.74, 6) is 0.536. The molecule has 1 atom stereocenters. The summed E-state index contributed by atoms with van der Waals surface area (Å²) in [7, 11) is 2.22. The summed E-state index contributed by atoms with van der Waals surface area (Å²) in [5.41, 5.74) is 4.14. The summed E-state index contributed by atoms with van der Waals surface area (Å²) in [6, 6.07) is 21.6. The van der Waals surface area contributed by atoms with Crippen LogP contribution in [0.15, 0.2) is 65.6 Å². The van der Waals surface area contributed by atoms with Crippen molar-refractivity contribution in [2.75, 3.05) is 13.6 Å². The standard InChI is InChI=1S/C20H23NS/c1-15(2)20-19(17-12-8-5-9-13-17)21(3)14-18(22-20)16-10-6-4-7-11-16/h4-13,15,18H,14H2,1-3H3. The number of likely N-dealkylation sites (N-methyl/N-ethyl adjacent to an activating group) is 1. The molecule has 1 heterocycles. The number of hydrogen-bond acceptors (Lipinski definition) is 2. The van der Waals surface area contributed by atoms with Crippen LogP contribution in [0.3, 0.4) is 0 Å². The van der Waals surface area contributed by atoms with Gasteiger partial charge < -0.3 is 4.90 Å². The molecule has 1 unspecified atom stereocenters. The highest BCUT2D eigenvalue weighted by Gasteiger charge is 2.28. The topological polar surface area (TPSA) is 3.24 Å². The minimum atomic E-state index is 0.510. The smallest absolute Gasteiger partial charge is 0.0537 e. The van der Waals surface area contributed by atoms with Crippen LogP contribution in [0, 0.1) is 5.92 Å². The van der Waals surface area contributed by atoms with Crippen LogP contribution in [-0.4, -0.2) is 18.5 Å². The maximum Gasteiger partial charge on any atom is 0.0537 e. The third kappa shape index (κ3) is 3.07.